The Hall–Kier alpha value is -3.42. The Labute approximate surface area is 259 Å². The van der Waals surface area contributed by atoms with Gasteiger partial charge in [0, 0.05) is 17.7 Å². The van der Waals surface area contributed by atoms with E-state index in [-0.39, 0.29) is 5.69 Å². The number of hydrogen-bond acceptors (Lipinski definition) is 6. The highest BCUT2D eigenvalue weighted by molar-refractivity contribution is 6.32. The maximum atomic E-state index is 13.7. The van der Waals surface area contributed by atoms with E-state index in [4.69, 9.17) is 26.1 Å². The van der Waals surface area contributed by atoms with Crippen molar-refractivity contribution in [2.75, 3.05) is 34.4 Å². The van der Waals surface area contributed by atoms with Crippen LogP contribution in [0.4, 0.5) is 0 Å². The van der Waals surface area contributed by atoms with Gasteiger partial charge in [-0.1, -0.05) is 55.1 Å². The first kappa shape index (κ1) is 31.0. The molecule has 1 amide bonds. The fourth-order valence-electron chi connectivity index (χ4n) is 5.96. The van der Waals surface area contributed by atoms with E-state index in [1.807, 2.05) is 38.4 Å². The summed E-state index contributed by atoms with van der Waals surface area (Å²) in [5.74, 6) is 0.385. The Bertz CT molecular complexity index is 1480. The molecule has 7 nitrogen and oxygen atoms in total. The third-order valence-corrected chi connectivity index (χ3v) is 8.89. The molecule has 2 saturated carbocycles. The van der Waals surface area contributed by atoms with Crippen molar-refractivity contribution < 1.29 is 19.1 Å². The molecule has 2 aliphatic rings. The van der Waals surface area contributed by atoms with Gasteiger partial charge < -0.3 is 19.7 Å². The summed E-state index contributed by atoms with van der Waals surface area (Å²) < 4.78 is 11.2. The van der Waals surface area contributed by atoms with Crippen LogP contribution >= 0.6 is 11.6 Å². The van der Waals surface area contributed by atoms with Crippen LogP contribution in [0.1, 0.15) is 78.9 Å². The molecule has 8 heteroatoms. The molecule has 5 rings (SSSR count). The molecule has 0 radical (unpaired) electrons. The zero-order valence-corrected chi connectivity index (χ0v) is 26.4. The minimum atomic E-state index is -1.03. The van der Waals surface area contributed by atoms with Gasteiger partial charge in [-0.2, -0.15) is 0 Å². The summed E-state index contributed by atoms with van der Waals surface area (Å²) >= 11 is 6.55. The van der Waals surface area contributed by atoms with Crippen molar-refractivity contribution in [2.24, 2.45) is 0 Å². The number of halogens is 1. The molecular formula is C35H42ClN3O4. The van der Waals surface area contributed by atoms with Crippen LogP contribution in [0.5, 0.6) is 5.75 Å². The second-order valence-corrected chi connectivity index (χ2v) is 12.6. The van der Waals surface area contributed by atoms with Crippen LogP contribution in [0.2, 0.25) is 5.02 Å². The van der Waals surface area contributed by atoms with Crippen LogP contribution in [0.3, 0.4) is 0 Å². The van der Waals surface area contributed by atoms with Crippen LogP contribution in [0.25, 0.3) is 22.4 Å². The number of hydrogen-bond donors (Lipinski definition) is 1. The Morgan fingerprint density at radius 2 is 1.79 bits per heavy atom. The molecule has 1 heterocycles. The molecule has 43 heavy (non-hydrogen) atoms. The monoisotopic (exact) mass is 603 g/mol. The quantitative estimate of drug-likeness (QED) is 0.184. The smallest absolute Gasteiger partial charge is 0.331 e. The highest BCUT2D eigenvalue weighted by Crippen LogP contribution is 2.43. The van der Waals surface area contributed by atoms with Gasteiger partial charge in [0.2, 0.25) is 0 Å². The highest BCUT2D eigenvalue weighted by atomic mass is 35.5. The molecule has 228 valence electrons. The number of amides is 1. The van der Waals surface area contributed by atoms with E-state index in [2.05, 4.69) is 35.3 Å². The summed E-state index contributed by atoms with van der Waals surface area (Å²) in [7, 11) is 5.44. The summed E-state index contributed by atoms with van der Waals surface area (Å²) in [4.78, 5) is 33.6. The van der Waals surface area contributed by atoms with E-state index in [1.54, 1.807) is 6.07 Å². The molecule has 0 spiro atoms. The Kier molecular flexibility index (Phi) is 9.72. The van der Waals surface area contributed by atoms with Crippen molar-refractivity contribution >= 4 is 23.5 Å². The third kappa shape index (κ3) is 7.22. The van der Waals surface area contributed by atoms with E-state index < -0.39 is 17.4 Å². The molecule has 1 N–H and O–H groups in total. The zero-order valence-electron chi connectivity index (χ0n) is 25.7. The largest absolute Gasteiger partial charge is 0.492 e. The fourth-order valence-corrected chi connectivity index (χ4v) is 6.13. The summed E-state index contributed by atoms with van der Waals surface area (Å²) in [6.45, 7) is 3.53. The standard InChI is InChI=1S/C35H42ClN3O4/c1-23-9-10-25(24-11-12-24)21-28(23)27-14-16-30(33(40)38-35(34(41)42-4)17-6-5-7-18-35)37-32(27)26-13-15-29(36)31(22-26)43-20-8-19-39(2)3/h9-10,13-16,21-22,24H,5-8,11-12,17-20H2,1-4H3,(H,38,40). The van der Waals surface area contributed by atoms with Gasteiger partial charge in [-0.15, -0.1) is 0 Å². The second kappa shape index (κ2) is 13.5. The van der Waals surface area contributed by atoms with Gasteiger partial charge in [-0.25, -0.2) is 9.78 Å². The topological polar surface area (TPSA) is 80.8 Å². The maximum absolute atomic E-state index is 13.7. The van der Waals surface area contributed by atoms with E-state index in [0.29, 0.717) is 41.8 Å². The van der Waals surface area contributed by atoms with E-state index in [9.17, 15) is 9.59 Å². The number of rotatable bonds is 11. The minimum Gasteiger partial charge on any atom is -0.492 e. The molecule has 2 fully saturated rings. The fraction of sp³-hybridized carbons (Fsp3) is 0.457. The first-order valence-electron chi connectivity index (χ1n) is 15.3. The highest BCUT2D eigenvalue weighted by Gasteiger charge is 2.42. The van der Waals surface area contributed by atoms with Crippen molar-refractivity contribution in [3.63, 3.8) is 0 Å². The zero-order chi connectivity index (χ0) is 30.6. The van der Waals surface area contributed by atoms with Gasteiger partial charge in [-0.3, -0.25) is 4.79 Å². The lowest BCUT2D eigenvalue weighted by Gasteiger charge is -2.35. The molecule has 0 atom stereocenters. The van der Waals surface area contributed by atoms with Crippen LogP contribution < -0.4 is 10.1 Å². The number of esters is 1. The third-order valence-electron chi connectivity index (χ3n) is 8.58. The minimum absolute atomic E-state index is 0.243. The number of methoxy groups -OCH3 is 1. The van der Waals surface area contributed by atoms with Crippen molar-refractivity contribution in [3.8, 4) is 28.1 Å². The van der Waals surface area contributed by atoms with Crippen molar-refractivity contribution in [1.29, 1.82) is 0 Å². The van der Waals surface area contributed by atoms with Crippen LogP contribution in [-0.4, -0.2) is 61.7 Å². The van der Waals surface area contributed by atoms with Crippen LogP contribution in [0, 0.1) is 6.92 Å². The van der Waals surface area contributed by atoms with Gasteiger partial charge in [0.15, 0.2) is 0 Å². The number of carbonyl (C=O) groups excluding carboxylic acids is 2. The predicted molar refractivity (Wildman–Crippen MR) is 171 cm³/mol. The van der Waals surface area contributed by atoms with Crippen molar-refractivity contribution in [1.82, 2.24) is 15.2 Å². The molecule has 2 aromatic carbocycles. The number of nitrogens with zero attached hydrogens (tertiary/aromatic N) is 2. The molecule has 3 aromatic rings. The molecule has 1 aromatic heterocycles. The van der Waals surface area contributed by atoms with Gasteiger partial charge in [0.25, 0.3) is 5.91 Å². The molecule has 0 bridgehead atoms. The van der Waals surface area contributed by atoms with E-state index >= 15 is 0 Å². The Balaban J connectivity index is 1.54. The Morgan fingerprint density at radius 3 is 2.49 bits per heavy atom. The number of benzene rings is 2. The summed E-state index contributed by atoms with van der Waals surface area (Å²) in [6.07, 6.45) is 7.12. The first-order chi connectivity index (χ1) is 20.7. The molecule has 0 unspecified atom stereocenters. The predicted octanol–water partition coefficient (Wildman–Crippen LogP) is 7.19. The molecule has 2 aliphatic carbocycles. The number of ether oxygens (including phenoxy) is 2. The van der Waals surface area contributed by atoms with E-state index in [0.717, 1.165) is 54.5 Å². The van der Waals surface area contributed by atoms with Gasteiger partial charge in [-0.05, 0) is 100.0 Å². The lowest BCUT2D eigenvalue weighted by atomic mass is 9.81. The summed E-state index contributed by atoms with van der Waals surface area (Å²) in [6, 6.07) is 16.0. The van der Waals surface area contributed by atoms with Crippen LogP contribution in [0.15, 0.2) is 48.5 Å². The molecule has 0 saturated heterocycles. The first-order valence-corrected chi connectivity index (χ1v) is 15.7. The normalized spacial score (nSPS) is 16.1. The summed E-state index contributed by atoms with van der Waals surface area (Å²) in [5, 5.41) is 3.54. The molecule has 0 aliphatic heterocycles. The lowest BCUT2D eigenvalue weighted by Crippen LogP contribution is -2.56. The summed E-state index contributed by atoms with van der Waals surface area (Å²) in [5.41, 5.74) is 5.14. The number of pyridine rings is 1. The number of carbonyl (C=O) groups is 2. The number of aromatic nitrogens is 1. The van der Waals surface area contributed by atoms with Crippen molar-refractivity contribution in [3.05, 3.63) is 70.4 Å². The van der Waals surface area contributed by atoms with Gasteiger partial charge >= 0.3 is 5.97 Å². The van der Waals surface area contributed by atoms with E-state index in [1.165, 1.54) is 25.5 Å². The lowest BCUT2D eigenvalue weighted by molar-refractivity contribution is -0.149. The average Bonchev–Trinajstić information content (AvgIpc) is 3.86. The average molecular weight is 604 g/mol. The van der Waals surface area contributed by atoms with Crippen LogP contribution in [-0.2, 0) is 9.53 Å². The van der Waals surface area contributed by atoms with Gasteiger partial charge in [0.05, 0.1) is 24.4 Å². The van der Waals surface area contributed by atoms with Gasteiger partial charge in [0.1, 0.15) is 17.0 Å². The second-order valence-electron chi connectivity index (χ2n) is 12.2. The SMILES string of the molecule is COC(=O)C1(NC(=O)c2ccc(-c3cc(C4CC4)ccc3C)c(-c3ccc(Cl)c(OCCCN(C)C)c3)n2)CCCCC1. The molecular weight excluding hydrogens is 562 g/mol. The number of nitrogens with one attached hydrogen (secondary N) is 1. The Morgan fingerprint density at radius 1 is 1.02 bits per heavy atom. The number of aryl methyl sites for hydroxylation is 1. The van der Waals surface area contributed by atoms with Crippen molar-refractivity contribution in [2.45, 2.75) is 69.7 Å². The maximum Gasteiger partial charge on any atom is 0.331 e.